The number of urea groups is 1. The van der Waals surface area contributed by atoms with Crippen LogP contribution in [-0.2, 0) is 10.0 Å². The Kier molecular flexibility index (Phi) is 7.69. The molecule has 3 amide bonds. The summed E-state index contributed by atoms with van der Waals surface area (Å²) in [6.07, 6.45) is 0. The van der Waals surface area contributed by atoms with Gasteiger partial charge < -0.3 is 0 Å². The highest BCUT2D eigenvalue weighted by Crippen LogP contribution is 2.38. The maximum absolute atomic E-state index is 14.6. The minimum Gasteiger partial charge on any atom is -0.293 e. The second kappa shape index (κ2) is 10.2. The Balaban J connectivity index is 2.11. The van der Waals surface area contributed by atoms with Crippen LogP contribution in [0.4, 0.5) is 36.8 Å². The van der Waals surface area contributed by atoms with Crippen molar-refractivity contribution in [2.45, 2.75) is 15.3 Å². The number of hydrogen-bond donors (Lipinski definition) is 0. The van der Waals surface area contributed by atoms with Crippen molar-refractivity contribution < 1.29 is 44.3 Å². The van der Waals surface area contributed by atoms with E-state index >= 15 is 0 Å². The summed E-state index contributed by atoms with van der Waals surface area (Å²) in [5, 5.41) is 0. The lowest BCUT2D eigenvalue weighted by atomic mass is 10.2. The topological polar surface area (TPSA) is 74.8 Å². The van der Waals surface area contributed by atoms with Gasteiger partial charge in [0, 0.05) is 11.9 Å². The van der Waals surface area contributed by atoms with E-state index in [2.05, 4.69) is 0 Å². The smallest absolute Gasteiger partial charge is 0.293 e. The van der Waals surface area contributed by atoms with Crippen molar-refractivity contribution in [3.8, 4) is 0 Å². The second-order valence-corrected chi connectivity index (χ2v) is 9.91. The molecule has 0 fully saturated rings. The number of imide groups is 1. The van der Waals surface area contributed by atoms with Gasteiger partial charge in [-0.2, -0.15) is 13.2 Å². The van der Waals surface area contributed by atoms with E-state index in [1.54, 1.807) is 0 Å². The molecular formula is C22H14F6N2O4S2. The van der Waals surface area contributed by atoms with Crippen LogP contribution in [0.1, 0.15) is 10.4 Å². The SMILES string of the molecule is CN(C(=O)N(C(=O)c1c(F)cccc1F)S(=O)(=O)c1ccccc1)c1ccc(SC(F)(F)F)cc1F. The van der Waals surface area contributed by atoms with Crippen molar-refractivity contribution in [2.24, 2.45) is 0 Å². The first kappa shape index (κ1) is 27.1. The summed E-state index contributed by atoms with van der Waals surface area (Å²) in [5.74, 6) is -6.20. The molecule has 6 nitrogen and oxygen atoms in total. The number of sulfonamides is 1. The lowest BCUT2D eigenvalue weighted by molar-refractivity contribution is -0.0328. The van der Waals surface area contributed by atoms with Crippen molar-refractivity contribution in [2.75, 3.05) is 11.9 Å². The molecule has 0 saturated carbocycles. The molecule has 14 heteroatoms. The van der Waals surface area contributed by atoms with Crippen LogP contribution in [0.5, 0.6) is 0 Å². The summed E-state index contributed by atoms with van der Waals surface area (Å²) in [6.45, 7) is 0. The highest BCUT2D eigenvalue weighted by molar-refractivity contribution is 8.00. The molecule has 3 aromatic rings. The van der Waals surface area contributed by atoms with Crippen molar-refractivity contribution in [1.29, 1.82) is 0 Å². The molecule has 0 aliphatic carbocycles. The highest BCUT2D eigenvalue weighted by Gasteiger charge is 2.41. The number of anilines is 1. The zero-order valence-electron chi connectivity index (χ0n) is 18.0. The van der Waals surface area contributed by atoms with Crippen LogP contribution in [0.2, 0.25) is 0 Å². The molecule has 0 atom stereocenters. The van der Waals surface area contributed by atoms with Crippen molar-refractivity contribution in [3.63, 3.8) is 0 Å². The minimum atomic E-state index is -5.10. The van der Waals surface area contributed by atoms with E-state index in [-0.39, 0.29) is 0 Å². The molecule has 0 aliphatic heterocycles. The van der Waals surface area contributed by atoms with E-state index in [4.69, 9.17) is 0 Å². The standard InChI is InChI=1S/C22H14F6N2O4S2/c1-29(18-11-10-13(12-17(18)25)35-22(26,27)28)21(32)30(36(33,34)14-6-3-2-4-7-14)20(31)19-15(23)8-5-9-16(19)24/h2-12H,1H3. The van der Waals surface area contributed by atoms with Gasteiger partial charge in [0.2, 0.25) is 0 Å². The summed E-state index contributed by atoms with van der Waals surface area (Å²) in [7, 11) is -4.27. The predicted octanol–water partition coefficient (Wildman–Crippen LogP) is 5.80. The van der Waals surface area contributed by atoms with E-state index in [1.165, 1.54) is 18.2 Å². The number of thioether (sulfide) groups is 1. The lowest BCUT2D eigenvalue weighted by Gasteiger charge is -2.27. The van der Waals surface area contributed by atoms with E-state index in [0.29, 0.717) is 23.1 Å². The zero-order valence-corrected chi connectivity index (χ0v) is 19.6. The van der Waals surface area contributed by atoms with Gasteiger partial charge in [0.05, 0.1) is 10.6 Å². The number of benzene rings is 3. The number of nitrogens with zero attached hydrogens (tertiary/aromatic N) is 2. The fourth-order valence-corrected chi connectivity index (χ4v) is 4.91. The highest BCUT2D eigenvalue weighted by atomic mass is 32.2. The van der Waals surface area contributed by atoms with Gasteiger partial charge in [-0.25, -0.2) is 26.4 Å². The van der Waals surface area contributed by atoms with E-state index < -0.39 is 82.0 Å². The number of carbonyl (C=O) groups is 2. The van der Waals surface area contributed by atoms with Crippen molar-refractivity contribution >= 4 is 39.4 Å². The summed E-state index contributed by atoms with van der Waals surface area (Å²) in [4.78, 5) is 25.4. The van der Waals surface area contributed by atoms with Gasteiger partial charge in [-0.3, -0.25) is 9.69 Å². The summed E-state index contributed by atoms with van der Waals surface area (Å²) >= 11 is -0.630. The fourth-order valence-electron chi connectivity index (χ4n) is 3.00. The van der Waals surface area contributed by atoms with E-state index in [9.17, 15) is 44.3 Å². The maximum atomic E-state index is 14.6. The lowest BCUT2D eigenvalue weighted by Crippen LogP contribution is -2.48. The average molecular weight is 548 g/mol. The zero-order chi connectivity index (χ0) is 26.8. The Morgan fingerprint density at radius 1 is 0.833 bits per heavy atom. The molecule has 0 aromatic heterocycles. The number of amides is 3. The summed E-state index contributed by atoms with van der Waals surface area (Å²) in [5.41, 5.74) is -6.80. The third kappa shape index (κ3) is 5.65. The van der Waals surface area contributed by atoms with Crippen LogP contribution in [0.15, 0.2) is 76.5 Å². The van der Waals surface area contributed by atoms with Gasteiger partial charge in [-0.1, -0.05) is 24.3 Å². The Labute approximate surface area is 205 Å². The van der Waals surface area contributed by atoms with Crippen molar-refractivity contribution in [1.82, 2.24) is 4.31 Å². The molecule has 0 radical (unpaired) electrons. The quantitative estimate of drug-likeness (QED) is 0.298. The van der Waals surface area contributed by atoms with Gasteiger partial charge in [-0.05, 0) is 54.2 Å². The molecule has 0 spiro atoms. The number of rotatable bonds is 5. The molecule has 0 bridgehead atoms. The Hall–Kier alpha value is -3.52. The summed E-state index contributed by atoms with van der Waals surface area (Å²) in [6, 6.07) is 8.43. The molecule has 0 N–H and O–H groups in total. The van der Waals surface area contributed by atoms with Crippen LogP contribution >= 0.6 is 11.8 Å². The molecule has 36 heavy (non-hydrogen) atoms. The first-order valence-electron chi connectivity index (χ1n) is 9.65. The van der Waals surface area contributed by atoms with E-state index in [0.717, 1.165) is 37.4 Å². The number of carbonyl (C=O) groups excluding carboxylic acids is 2. The third-order valence-electron chi connectivity index (χ3n) is 4.62. The Morgan fingerprint density at radius 2 is 1.42 bits per heavy atom. The van der Waals surface area contributed by atoms with Gasteiger partial charge in [0.15, 0.2) is 0 Å². The third-order valence-corrected chi connectivity index (χ3v) is 7.01. The maximum Gasteiger partial charge on any atom is 0.446 e. The molecule has 0 unspecified atom stereocenters. The average Bonchev–Trinajstić information content (AvgIpc) is 2.78. The van der Waals surface area contributed by atoms with Crippen LogP contribution in [-0.4, -0.2) is 37.2 Å². The molecule has 3 aromatic carbocycles. The normalized spacial score (nSPS) is 11.8. The van der Waals surface area contributed by atoms with Gasteiger partial charge in [0.1, 0.15) is 23.0 Å². The van der Waals surface area contributed by atoms with E-state index in [1.807, 2.05) is 0 Å². The monoisotopic (exact) mass is 548 g/mol. The molecule has 0 saturated heterocycles. The van der Waals surface area contributed by atoms with Gasteiger partial charge >= 0.3 is 11.5 Å². The number of halogens is 6. The molecule has 3 rings (SSSR count). The van der Waals surface area contributed by atoms with Crippen LogP contribution in [0.3, 0.4) is 0 Å². The number of hydrogen-bond acceptors (Lipinski definition) is 5. The minimum absolute atomic E-state index is 0.314. The predicted molar refractivity (Wildman–Crippen MR) is 118 cm³/mol. The first-order valence-corrected chi connectivity index (χ1v) is 11.9. The Bertz CT molecular complexity index is 1400. The summed E-state index contributed by atoms with van der Waals surface area (Å²) < 4.78 is 107. The van der Waals surface area contributed by atoms with Crippen LogP contribution in [0, 0.1) is 17.5 Å². The molecule has 0 heterocycles. The van der Waals surface area contributed by atoms with Crippen LogP contribution < -0.4 is 4.90 Å². The first-order chi connectivity index (χ1) is 16.7. The second-order valence-electron chi connectivity index (χ2n) is 6.99. The largest absolute Gasteiger partial charge is 0.446 e. The molecular weight excluding hydrogens is 534 g/mol. The number of alkyl halides is 3. The fraction of sp³-hybridized carbons (Fsp3) is 0.0909. The van der Waals surface area contributed by atoms with Gasteiger partial charge in [0.25, 0.3) is 15.9 Å². The molecule has 190 valence electrons. The van der Waals surface area contributed by atoms with Gasteiger partial charge in [-0.15, -0.1) is 4.31 Å². The Morgan fingerprint density at radius 3 is 1.94 bits per heavy atom. The molecule has 0 aliphatic rings. The van der Waals surface area contributed by atoms with Crippen LogP contribution in [0.25, 0.3) is 0 Å². The van der Waals surface area contributed by atoms with Crippen molar-refractivity contribution in [3.05, 3.63) is 89.7 Å².